The first kappa shape index (κ1) is 12.7. The predicted octanol–water partition coefficient (Wildman–Crippen LogP) is 2.02. The molecule has 0 N–H and O–H groups in total. The number of ether oxygens (including phenoxy) is 1. The molecule has 0 spiro atoms. The zero-order chi connectivity index (χ0) is 13.1. The fourth-order valence-electron chi connectivity index (χ4n) is 1.30. The van der Waals surface area contributed by atoms with E-state index >= 15 is 0 Å². The van der Waals surface area contributed by atoms with Crippen LogP contribution >= 0.6 is 11.5 Å². The Bertz CT molecular complexity index is 547. The molecule has 0 aliphatic rings. The molecule has 0 fully saturated rings. The van der Waals surface area contributed by atoms with Crippen molar-refractivity contribution < 1.29 is 9.53 Å². The van der Waals surface area contributed by atoms with Gasteiger partial charge in [-0.15, -0.1) is 0 Å². The lowest BCUT2D eigenvalue weighted by molar-refractivity contribution is 0.0526. The highest BCUT2D eigenvalue weighted by Gasteiger charge is 2.13. The zero-order valence-corrected chi connectivity index (χ0v) is 11.3. The molecule has 2 rings (SSSR count). The number of nitrogens with zero attached hydrogens (tertiary/aromatic N) is 4. The second-order valence-corrected chi connectivity index (χ2v) is 4.71. The lowest BCUT2D eigenvalue weighted by Crippen LogP contribution is -2.03. The van der Waals surface area contributed by atoms with E-state index in [1.165, 1.54) is 22.4 Å². The zero-order valence-electron chi connectivity index (χ0n) is 10.5. The van der Waals surface area contributed by atoms with Crippen molar-refractivity contribution in [1.82, 2.24) is 19.1 Å². The van der Waals surface area contributed by atoms with E-state index in [1.807, 2.05) is 13.8 Å². The van der Waals surface area contributed by atoms with Crippen LogP contribution in [0.4, 0.5) is 0 Å². The number of carbonyl (C=O) groups is 1. The van der Waals surface area contributed by atoms with Crippen molar-refractivity contribution in [3.05, 3.63) is 23.8 Å². The average molecular weight is 266 g/mol. The van der Waals surface area contributed by atoms with Crippen molar-refractivity contribution in [3.63, 3.8) is 0 Å². The first-order valence-electron chi connectivity index (χ1n) is 5.67. The summed E-state index contributed by atoms with van der Waals surface area (Å²) in [7, 11) is 0. The van der Waals surface area contributed by atoms with Crippen LogP contribution in [-0.4, -0.2) is 31.7 Å². The summed E-state index contributed by atoms with van der Waals surface area (Å²) in [5, 5.41) is 4.73. The molecule has 0 bridgehead atoms. The second-order valence-electron chi connectivity index (χ2n) is 3.98. The first-order valence-corrected chi connectivity index (χ1v) is 6.45. The van der Waals surface area contributed by atoms with E-state index in [1.54, 1.807) is 13.1 Å². The molecule has 96 valence electrons. The standard InChI is InChI=1S/C11H14N4O2S/c1-4-17-10(16)8-5-12-15(6-8)11-13-9(7(2)3)14-18-11/h5-7H,4H2,1-3H3. The fraction of sp³-hybridized carbons (Fsp3) is 0.455. The van der Waals surface area contributed by atoms with Gasteiger partial charge in [0.1, 0.15) is 5.82 Å². The van der Waals surface area contributed by atoms with Crippen LogP contribution in [0.1, 0.15) is 42.9 Å². The number of carbonyl (C=O) groups excluding carboxylic acids is 1. The maximum atomic E-state index is 11.5. The highest BCUT2D eigenvalue weighted by molar-refractivity contribution is 7.08. The van der Waals surface area contributed by atoms with Crippen LogP contribution in [0.15, 0.2) is 12.4 Å². The minimum atomic E-state index is -0.377. The smallest absolute Gasteiger partial charge is 0.341 e. The molecule has 0 aliphatic heterocycles. The van der Waals surface area contributed by atoms with Gasteiger partial charge in [-0.2, -0.15) is 9.47 Å². The van der Waals surface area contributed by atoms with Crippen LogP contribution in [0.25, 0.3) is 5.13 Å². The van der Waals surface area contributed by atoms with Crippen LogP contribution in [0.5, 0.6) is 0 Å². The lowest BCUT2D eigenvalue weighted by atomic mass is 10.2. The number of hydrogen-bond acceptors (Lipinski definition) is 6. The molecule has 0 atom stereocenters. The number of rotatable bonds is 4. The van der Waals surface area contributed by atoms with Gasteiger partial charge in [0.15, 0.2) is 0 Å². The van der Waals surface area contributed by atoms with Gasteiger partial charge in [0.05, 0.1) is 18.4 Å². The van der Waals surface area contributed by atoms with Crippen LogP contribution in [-0.2, 0) is 4.74 Å². The van der Waals surface area contributed by atoms with Gasteiger partial charge in [-0.1, -0.05) is 13.8 Å². The van der Waals surface area contributed by atoms with E-state index in [4.69, 9.17) is 4.74 Å². The number of esters is 1. The minimum Gasteiger partial charge on any atom is -0.462 e. The average Bonchev–Trinajstić information content (AvgIpc) is 2.98. The Morgan fingerprint density at radius 2 is 2.33 bits per heavy atom. The molecular formula is C11H14N4O2S. The van der Waals surface area contributed by atoms with Crippen LogP contribution in [0.2, 0.25) is 0 Å². The molecule has 0 aliphatic carbocycles. The molecule has 2 aromatic heterocycles. The fourth-order valence-corrected chi connectivity index (χ4v) is 2.05. The summed E-state index contributed by atoms with van der Waals surface area (Å²) in [6.45, 7) is 6.17. The quantitative estimate of drug-likeness (QED) is 0.792. The van der Waals surface area contributed by atoms with Crippen molar-refractivity contribution in [2.24, 2.45) is 0 Å². The second kappa shape index (κ2) is 5.26. The Morgan fingerprint density at radius 3 is 2.94 bits per heavy atom. The van der Waals surface area contributed by atoms with Gasteiger partial charge in [0, 0.05) is 23.6 Å². The van der Waals surface area contributed by atoms with E-state index in [0.717, 1.165) is 5.82 Å². The molecule has 0 radical (unpaired) electrons. The Balaban J connectivity index is 2.21. The molecule has 0 aromatic carbocycles. The monoisotopic (exact) mass is 266 g/mol. The lowest BCUT2D eigenvalue weighted by Gasteiger charge is -1.96. The van der Waals surface area contributed by atoms with E-state index in [9.17, 15) is 4.79 Å². The number of aromatic nitrogens is 4. The summed E-state index contributed by atoms with van der Waals surface area (Å²) in [4.78, 5) is 15.8. The van der Waals surface area contributed by atoms with E-state index in [0.29, 0.717) is 17.3 Å². The molecule has 7 heteroatoms. The summed E-state index contributed by atoms with van der Waals surface area (Å²) in [6.07, 6.45) is 3.07. The summed E-state index contributed by atoms with van der Waals surface area (Å²) in [5.41, 5.74) is 0.415. The molecule has 0 saturated carbocycles. The summed E-state index contributed by atoms with van der Waals surface area (Å²) < 4.78 is 10.7. The van der Waals surface area contributed by atoms with Crippen molar-refractivity contribution in [2.75, 3.05) is 6.61 Å². The van der Waals surface area contributed by atoms with Gasteiger partial charge >= 0.3 is 5.97 Å². The van der Waals surface area contributed by atoms with Gasteiger partial charge in [-0.3, -0.25) is 0 Å². The maximum Gasteiger partial charge on any atom is 0.341 e. The SMILES string of the molecule is CCOC(=O)c1cnn(-c2nc(C(C)C)ns2)c1. The molecule has 2 heterocycles. The molecule has 0 amide bonds. The van der Waals surface area contributed by atoms with Crippen molar-refractivity contribution in [3.8, 4) is 5.13 Å². The Hall–Kier alpha value is -1.76. The summed E-state index contributed by atoms with van der Waals surface area (Å²) >= 11 is 1.26. The highest BCUT2D eigenvalue weighted by Crippen LogP contribution is 2.16. The van der Waals surface area contributed by atoms with Gasteiger partial charge in [-0.05, 0) is 6.92 Å². The third-order valence-electron chi connectivity index (χ3n) is 2.24. The third-order valence-corrected chi connectivity index (χ3v) is 2.96. The van der Waals surface area contributed by atoms with Crippen LogP contribution < -0.4 is 0 Å². The Labute approximate surface area is 109 Å². The topological polar surface area (TPSA) is 69.9 Å². The molecule has 2 aromatic rings. The van der Waals surface area contributed by atoms with E-state index < -0.39 is 0 Å². The molecule has 0 saturated heterocycles. The molecule has 18 heavy (non-hydrogen) atoms. The van der Waals surface area contributed by atoms with Crippen molar-refractivity contribution in [1.29, 1.82) is 0 Å². The maximum absolute atomic E-state index is 11.5. The van der Waals surface area contributed by atoms with Gasteiger partial charge < -0.3 is 4.74 Å². The largest absolute Gasteiger partial charge is 0.462 e. The predicted molar refractivity (Wildman–Crippen MR) is 67.1 cm³/mol. The van der Waals surface area contributed by atoms with E-state index in [-0.39, 0.29) is 11.9 Å². The number of hydrogen-bond donors (Lipinski definition) is 0. The van der Waals surface area contributed by atoms with Crippen molar-refractivity contribution in [2.45, 2.75) is 26.7 Å². The molecular weight excluding hydrogens is 252 g/mol. The van der Waals surface area contributed by atoms with E-state index in [2.05, 4.69) is 14.5 Å². The van der Waals surface area contributed by atoms with Gasteiger partial charge in [0.2, 0.25) is 5.13 Å². The third kappa shape index (κ3) is 2.56. The molecule has 6 nitrogen and oxygen atoms in total. The van der Waals surface area contributed by atoms with Gasteiger partial charge in [-0.25, -0.2) is 14.5 Å². The van der Waals surface area contributed by atoms with Crippen LogP contribution in [0.3, 0.4) is 0 Å². The summed E-state index contributed by atoms with van der Waals surface area (Å²) in [6, 6.07) is 0. The highest BCUT2D eigenvalue weighted by atomic mass is 32.1. The van der Waals surface area contributed by atoms with Crippen LogP contribution in [0, 0.1) is 0 Å². The Kier molecular flexibility index (Phi) is 3.71. The van der Waals surface area contributed by atoms with Gasteiger partial charge in [0.25, 0.3) is 0 Å². The van der Waals surface area contributed by atoms with Crippen molar-refractivity contribution >= 4 is 17.5 Å². The summed E-state index contributed by atoms with van der Waals surface area (Å²) in [5.74, 6) is 0.677. The Morgan fingerprint density at radius 1 is 1.56 bits per heavy atom. The molecule has 0 unspecified atom stereocenters. The normalized spacial score (nSPS) is 10.9. The minimum absolute atomic E-state index is 0.273. The first-order chi connectivity index (χ1) is 8.61.